The number of H-pyrrole nitrogens is 1. The van der Waals surface area contributed by atoms with E-state index in [-0.39, 0.29) is 18.4 Å². The Labute approximate surface area is 172 Å². The summed E-state index contributed by atoms with van der Waals surface area (Å²) in [5.41, 5.74) is 1.80. The summed E-state index contributed by atoms with van der Waals surface area (Å²) in [4.78, 5) is 24.9. The van der Waals surface area contributed by atoms with Gasteiger partial charge in [0.2, 0.25) is 11.8 Å². The Hall–Kier alpha value is -3.81. The normalized spacial score (nSPS) is 11.5. The van der Waals surface area contributed by atoms with Gasteiger partial charge in [-0.1, -0.05) is 36.4 Å². The second-order valence-corrected chi connectivity index (χ2v) is 6.62. The number of hydrogen-bond acceptors (Lipinski definition) is 3. The number of carbonyl (C=O) groups excluding carboxylic acids is 2. The van der Waals surface area contributed by atoms with Crippen LogP contribution in [-0.4, -0.2) is 28.1 Å². The number of nitrogens with zero attached hydrogens (tertiary/aromatic N) is 1. The van der Waals surface area contributed by atoms with Crippen LogP contribution in [0, 0.1) is 11.6 Å². The molecule has 1 unspecified atom stereocenters. The number of aromatic amines is 1. The standard InChI is InChI=1S/C22H20F2N4O2/c1-2-6-18(25-21(29)11-14-9-16(23)12-17(24)10-14)22(30)26-20-13-19(27-28-20)15-7-4-3-5-8-15/h2-5,7-10,12-13,18H,1,6,11H2,(H,25,29)(H2,26,27,28,30). The summed E-state index contributed by atoms with van der Waals surface area (Å²) in [5, 5.41) is 12.1. The molecule has 6 nitrogen and oxygen atoms in total. The summed E-state index contributed by atoms with van der Waals surface area (Å²) in [7, 11) is 0. The zero-order valence-electron chi connectivity index (χ0n) is 16.0. The second-order valence-electron chi connectivity index (χ2n) is 6.62. The number of rotatable bonds is 8. The van der Waals surface area contributed by atoms with Crippen molar-refractivity contribution < 1.29 is 18.4 Å². The topological polar surface area (TPSA) is 86.9 Å². The van der Waals surface area contributed by atoms with Gasteiger partial charge in [0.25, 0.3) is 0 Å². The van der Waals surface area contributed by atoms with Gasteiger partial charge in [0, 0.05) is 12.1 Å². The molecule has 0 spiro atoms. The molecule has 8 heteroatoms. The van der Waals surface area contributed by atoms with Crippen LogP contribution in [0.5, 0.6) is 0 Å². The van der Waals surface area contributed by atoms with E-state index in [1.807, 2.05) is 30.3 Å². The Morgan fingerprint density at radius 1 is 1.10 bits per heavy atom. The van der Waals surface area contributed by atoms with Gasteiger partial charge in [-0.05, 0) is 29.7 Å². The smallest absolute Gasteiger partial charge is 0.248 e. The third kappa shape index (κ3) is 5.60. The lowest BCUT2D eigenvalue weighted by Crippen LogP contribution is -2.44. The summed E-state index contributed by atoms with van der Waals surface area (Å²) in [6.45, 7) is 3.60. The Morgan fingerprint density at radius 2 is 1.80 bits per heavy atom. The number of halogens is 2. The lowest BCUT2D eigenvalue weighted by atomic mass is 10.1. The molecule has 0 fully saturated rings. The number of benzene rings is 2. The molecule has 0 saturated heterocycles. The van der Waals surface area contributed by atoms with Crippen molar-refractivity contribution in [3.8, 4) is 11.3 Å². The molecule has 1 heterocycles. The van der Waals surface area contributed by atoms with E-state index in [0.717, 1.165) is 29.5 Å². The molecule has 3 rings (SSSR count). The van der Waals surface area contributed by atoms with Gasteiger partial charge in [-0.15, -0.1) is 6.58 Å². The summed E-state index contributed by atoms with van der Waals surface area (Å²) in [6, 6.07) is 13.1. The van der Waals surface area contributed by atoms with E-state index in [9.17, 15) is 18.4 Å². The maximum Gasteiger partial charge on any atom is 0.248 e. The van der Waals surface area contributed by atoms with Crippen LogP contribution in [0.4, 0.5) is 14.6 Å². The van der Waals surface area contributed by atoms with Crippen molar-refractivity contribution >= 4 is 17.6 Å². The number of aromatic nitrogens is 2. The monoisotopic (exact) mass is 410 g/mol. The van der Waals surface area contributed by atoms with Crippen molar-refractivity contribution in [3.63, 3.8) is 0 Å². The zero-order chi connectivity index (χ0) is 21.5. The minimum atomic E-state index is -0.912. The predicted octanol–water partition coefficient (Wildman–Crippen LogP) is 3.60. The van der Waals surface area contributed by atoms with Gasteiger partial charge in [0.05, 0.1) is 12.1 Å². The molecule has 0 radical (unpaired) electrons. The average molecular weight is 410 g/mol. The molecular formula is C22H20F2N4O2. The van der Waals surface area contributed by atoms with E-state index in [1.165, 1.54) is 6.08 Å². The van der Waals surface area contributed by atoms with E-state index in [0.29, 0.717) is 5.82 Å². The number of carbonyl (C=O) groups is 2. The van der Waals surface area contributed by atoms with Gasteiger partial charge >= 0.3 is 0 Å². The molecule has 0 aliphatic heterocycles. The fourth-order valence-electron chi connectivity index (χ4n) is 2.91. The fourth-order valence-corrected chi connectivity index (χ4v) is 2.91. The highest BCUT2D eigenvalue weighted by atomic mass is 19.1. The van der Waals surface area contributed by atoms with Gasteiger partial charge in [-0.3, -0.25) is 14.7 Å². The fraction of sp³-hybridized carbons (Fsp3) is 0.136. The quantitative estimate of drug-likeness (QED) is 0.496. The van der Waals surface area contributed by atoms with Gasteiger partial charge in [0.1, 0.15) is 17.7 Å². The van der Waals surface area contributed by atoms with Crippen molar-refractivity contribution in [3.05, 3.63) is 84.5 Å². The lowest BCUT2D eigenvalue weighted by molar-refractivity contribution is -0.126. The lowest BCUT2D eigenvalue weighted by Gasteiger charge is -2.16. The van der Waals surface area contributed by atoms with E-state index in [1.54, 1.807) is 6.07 Å². The largest absolute Gasteiger partial charge is 0.344 e. The van der Waals surface area contributed by atoms with Crippen molar-refractivity contribution in [2.45, 2.75) is 18.9 Å². The van der Waals surface area contributed by atoms with Crippen molar-refractivity contribution in [1.29, 1.82) is 0 Å². The number of nitrogens with one attached hydrogen (secondary N) is 3. The third-order valence-corrected chi connectivity index (χ3v) is 4.26. The SMILES string of the molecule is C=CCC(NC(=O)Cc1cc(F)cc(F)c1)C(=O)Nc1cc(-c2ccccc2)[nH]n1. The molecule has 30 heavy (non-hydrogen) atoms. The number of amides is 2. The Bertz CT molecular complexity index is 1030. The molecule has 2 aromatic carbocycles. The highest BCUT2D eigenvalue weighted by Gasteiger charge is 2.21. The van der Waals surface area contributed by atoms with Crippen LogP contribution in [0.25, 0.3) is 11.3 Å². The van der Waals surface area contributed by atoms with E-state index < -0.39 is 29.5 Å². The number of hydrogen-bond donors (Lipinski definition) is 3. The third-order valence-electron chi connectivity index (χ3n) is 4.26. The first kappa shape index (κ1) is 20.9. The molecule has 3 aromatic rings. The average Bonchev–Trinajstić information content (AvgIpc) is 3.16. The van der Waals surface area contributed by atoms with Crippen LogP contribution in [-0.2, 0) is 16.0 Å². The predicted molar refractivity (Wildman–Crippen MR) is 109 cm³/mol. The molecule has 154 valence electrons. The van der Waals surface area contributed by atoms with Crippen molar-refractivity contribution in [1.82, 2.24) is 15.5 Å². The molecular weight excluding hydrogens is 390 g/mol. The van der Waals surface area contributed by atoms with E-state index in [2.05, 4.69) is 27.4 Å². The summed E-state index contributed by atoms with van der Waals surface area (Å²) in [6.07, 6.45) is 1.40. The first-order chi connectivity index (χ1) is 14.4. The van der Waals surface area contributed by atoms with E-state index in [4.69, 9.17) is 0 Å². The van der Waals surface area contributed by atoms with Gasteiger partial charge < -0.3 is 10.6 Å². The zero-order valence-corrected chi connectivity index (χ0v) is 16.0. The van der Waals surface area contributed by atoms with Crippen molar-refractivity contribution in [2.24, 2.45) is 0 Å². The Balaban J connectivity index is 1.64. The molecule has 1 atom stereocenters. The maximum absolute atomic E-state index is 13.3. The molecule has 0 saturated carbocycles. The van der Waals surface area contributed by atoms with Gasteiger partial charge in [-0.2, -0.15) is 5.10 Å². The molecule has 0 aliphatic carbocycles. The molecule has 1 aromatic heterocycles. The molecule has 0 aliphatic rings. The highest BCUT2D eigenvalue weighted by molar-refractivity contribution is 5.97. The minimum absolute atomic E-state index is 0.169. The van der Waals surface area contributed by atoms with Crippen molar-refractivity contribution in [2.75, 3.05) is 5.32 Å². The minimum Gasteiger partial charge on any atom is -0.344 e. The van der Waals surface area contributed by atoms with E-state index >= 15 is 0 Å². The van der Waals surface area contributed by atoms with Crippen LogP contribution in [0.3, 0.4) is 0 Å². The van der Waals surface area contributed by atoms with Crippen LogP contribution in [0.2, 0.25) is 0 Å². The summed E-state index contributed by atoms with van der Waals surface area (Å²) < 4.78 is 26.6. The first-order valence-corrected chi connectivity index (χ1v) is 9.21. The van der Waals surface area contributed by atoms with Gasteiger partial charge in [-0.25, -0.2) is 8.78 Å². The highest BCUT2D eigenvalue weighted by Crippen LogP contribution is 2.19. The second kappa shape index (κ2) is 9.60. The molecule has 0 bridgehead atoms. The van der Waals surface area contributed by atoms with Crippen LogP contribution < -0.4 is 10.6 Å². The maximum atomic E-state index is 13.3. The molecule has 3 N–H and O–H groups in total. The first-order valence-electron chi connectivity index (χ1n) is 9.21. The summed E-state index contributed by atoms with van der Waals surface area (Å²) >= 11 is 0. The molecule has 2 amide bonds. The van der Waals surface area contributed by atoms with Crippen LogP contribution >= 0.6 is 0 Å². The van der Waals surface area contributed by atoms with Crippen LogP contribution in [0.15, 0.2) is 67.3 Å². The summed E-state index contributed by atoms with van der Waals surface area (Å²) in [5.74, 6) is -2.28. The Morgan fingerprint density at radius 3 is 2.47 bits per heavy atom. The Kier molecular flexibility index (Phi) is 6.69. The van der Waals surface area contributed by atoms with Crippen LogP contribution in [0.1, 0.15) is 12.0 Å². The van der Waals surface area contributed by atoms with Gasteiger partial charge in [0.15, 0.2) is 5.82 Å². The number of anilines is 1.